The second-order valence-corrected chi connectivity index (χ2v) is 11.2. The van der Waals surface area contributed by atoms with E-state index in [1.807, 2.05) is 0 Å². The van der Waals surface area contributed by atoms with Crippen LogP contribution in [0.3, 0.4) is 0 Å². The summed E-state index contributed by atoms with van der Waals surface area (Å²) in [6.07, 6.45) is -28.1. The summed E-state index contributed by atoms with van der Waals surface area (Å²) in [7, 11) is 0. The smallest absolute Gasteiger partial charge is 0.364 e. The Bertz CT molecular complexity index is 1090. The molecular weight excluding hydrogens is 640 g/mol. The Kier molecular flexibility index (Phi) is 12.0. The molecule has 0 amide bonds. The van der Waals surface area contributed by atoms with Crippen molar-refractivity contribution in [1.29, 1.82) is 0 Å². The molecule has 3 aliphatic heterocycles. The molecule has 3 rings (SSSR count). The van der Waals surface area contributed by atoms with Gasteiger partial charge in [0.05, 0.1) is 38.1 Å². The molecule has 0 aromatic heterocycles. The van der Waals surface area contributed by atoms with Gasteiger partial charge in [-0.1, -0.05) is 0 Å². The molecule has 15 atom stereocenters. The van der Waals surface area contributed by atoms with Crippen LogP contribution >= 0.6 is 0 Å². The van der Waals surface area contributed by atoms with Gasteiger partial charge in [0.2, 0.25) is 0 Å². The van der Waals surface area contributed by atoms with Gasteiger partial charge in [0.15, 0.2) is 0 Å². The second-order valence-electron chi connectivity index (χ2n) is 11.2. The molecule has 0 aromatic carbocycles. The van der Waals surface area contributed by atoms with E-state index in [1.165, 1.54) is 0 Å². The van der Waals surface area contributed by atoms with Crippen molar-refractivity contribution in [3.63, 3.8) is 0 Å². The lowest BCUT2D eigenvalue weighted by Crippen LogP contribution is -2.68. The number of ether oxygens (including phenoxy) is 5. The topological polar surface area (TPSA) is 381 Å². The van der Waals surface area contributed by atoms with Crippen molar-refractivity contribution in [2.75, 3.05) is 19.8 Å². The summed E-state index contributed by atoms with van der Waals surface area (Å²) >= 11 is 0. The summed E-state index contributed by atoms with van der Waals surface area (Å²) in [5.41, 5.74) is 0. The van der Waals surface area contributed by atoms with Gasteiger partial charge >= 0.3 is 17.9 Å². The highest BCUT2D eigenvalue weighted by molar-refractivity contribution is 5.77. The van der Waals surface area contributed by atoms with E-state index in [0.717, 1.165) is 0 Å². The van der Waals surface area contributed by atoms with Crippen molar-refractivity contribution in [3.05, 3.63) is 0 Å². The van der Waals surface area contributed by atoms with Gasteiger partial charge in [-0.25, -0.2) is 14.4 Å². The van der Waals surface area contributed by atoms with E-state index in [9.17, 15) is 85.9 Å². The quantitative estimate of drug-likeness (QED) is 0.0859. The third-order valence-electron chi connectivity index (χ3n) is 7.92. The Balaban J connectivity index is 1.90. The Morgan fingerprint density at radius 1 is 0.652 bits per heavy atom. The molecule has 3 saturated heterocycles. The number of hydrogen-bond donors (Lipinski definition) is 14. The molecule has 0 bridgehead atoms. The van der Waals surface area contributed by atoms with Crippen molar-refractivity contribution in [2.45, 2.75) is 110 Å². The number of hydrogen-bond acceptors (Lipinski definition) is 19. The lowest BCUT2D eigenvalue weighted by atomic mass is 9.90. The fourth-order valence-electron chi connectivity index (χ4n) is 5.34. The Labute approximate surface area is 257 Å². The number of aliphatic hydroxyl groups excluding tert-OH is 10. The summed E-state index contributed by atoms with van der Waals surface area (Å²) in [4.78, 5) is 36.3. The maximum atomic E-state index is 12.3. The lowest BCUT2D eigenvalue weighted by Gasteiger charge is -2.49. The maximum absolute atomic E-state index is 12.3. The minimum atomic E-state index is -3.34. The Hall–Kier alpha value is -2.23. The number of aliphatic hydroxyl groups is 11. The van der Waals surface area contributed by atoms with E-state index in [4.69, 9.17) is 23.7 Å². The van der Waals surface area contributed by atoms with Gasteiger partial charge in [-0.2, -0.15) is 0 Å². The van der Waals surface area contributed by atoms with Gasteiger partial charge in [0.25, 0.3) is 17.4 Å². The van der Waals surface area contributed by atoms with E-state index in [2.05, 4.69) is 0 Å². The molecule has 22 heteroatoms. The molecule has 266 valence electrons. The van der Waals surface area contributed by atoms with Crippen molar-refractivity contribution >= 4 is 17.9 Å². The van der Waals surface area contributed by atoms with Crippen LogP contribution in [0.5, 0.6) is 0 Å². The number of carbonyl (C=O) groups is 3. The zero-order chi connectivity index (χ0) is 34.9. The molecule has 22 nitrogen and oxygen atoms in total. The molecule has 0 unspecified atom stereocenters. The first-order valence-corrected chi connectivity index (χ1v) is 13.7. The third-order valence-corrected chi connectivity index (χ3v) is 7.92. The van der Waals surface area contributed by atoms with Gasteiger partial charge in [-0.15, -0.1) is 0 Å². The van der Waals surface area contributed by atoms with Crippen LogP contribution in [0.25, 0.3) is 0 Å². The summed E-state index contributed by atoms with van der Waals surface area (Å²) < 4.78 is 25.9. The summed E-state index contributed by atoms with van der Waals surface area (Å²) in [6, 6.07) is 0. The molecule has 46 heavy (non-hydrogen) atoms. The third kappa shape index (κ3) is 7.41. The van der Waals surface area contributed by atoms with Crippen molar-refractivity contribution in [2.24, 2.45) is 0 Å². The first kappa shape index (κ1) is 38.2. The monoisotopic (exact) mass is 678 g/mol. The molecular formula is C24H38O22. The van der Waals surface area contributed by atoms with E-state index < -0.39 is 148 Å². The van der Waals surface area contributed by atoms with Crippen LogP contribution in [0.2, 0.25) is 0 Å². The number of carboxylic acids is 3. The molecule has 0 spiro atoms. The van der Waals surface area contributed by atoms with Gasteiger partial charge < -0.3 is 95.2 Å². The number of aliphatic carboxylic acids is 3. The fourth-order valence-corrected chi connectivity index (χ4v) is 5.34. The Morgan fingerprint density at radius 2 is 1.09 bits per heavy atom. The predicted octanol–water partition coefficient (Wildman–Crippen LogP) is -8.04. The molecule has 3 aliphatic rings. The van der Waals surface area contributed by atoms with Gasteiger partial charge in [0.1, 0.15) is 54.9 Å². The van der Waals surface area contributed by atoms with Crippen LogP contribution in [0.1, 0.15) is 19.3 Å². The lowest BCUT2D eigenvalue weighted by molar-refractivity contribution is -0.372. The highest BCUT2D eigenvalue weighted by Gasteiger charge is 2.61. The molecule has 3 heterocycles. The molecule has 0 radical (unpaired) electrons. The highest BCUT2D eigenvalue weighted by atomic mass is 16.8. The summed E-state index contributed by atoms with van der Waals surface area (Å²) in [5.74, 6) is -15.5. The van der Waals surface area contributed by atoms with E-state index in [-0.39, 0.29) is 0 Å². The largest absolute Gasteiger partial charge is 0.477 e. The van der Waals surface area contributed by atoms with Crippen LogP contribution in [-0.2, 0) is 38.1 Å². The minimum absolute atomic E-state index is 1.02. The summed E-state index contributed by atoms with van der Waals surface area (Å²) in [5, 5.41) is 141. The van der Waals surface area contributed by atoms with E-state index in [0.29, 0.717) is 0 Å². The van der Waals surface area contributed by atoms with Crippen molar-refractivity contribution in [1.82, 2.24) is 0 Å². The zero-order valence-electron chi connectivity index (χ0n) is 23.7. The van der Waals surface area contributed by atoms with Crippen molar-refractivity contribution in [3.8, 4) is 0 Å². The van der Waals surface area contributed by atoms with E-state index >= 15 is 0 Å². The van der Waals surface area contributed by atoms with Crippen LogP contribution in [0, 0.1) is 0 Å². The van der Waals surface area contributed by atoms with Gasteiger partial charge in [0, 0.05) is 19.3 Å². The standard InChI is InChI=1S/C24H38O22/c25-4-9(29)16-13(32)7(27)1-23(45-16,20(37)38)42-6-11(31)18-15(34)12(3-22(41,44-18)19(35)36)43-24(21(39)40)2-8(28)14(33)17(46-24)10(30)5-26/h7-18,25-34,41H,1-6H2,(H,35,36)(H,37,38)(H,39,40)/t7-,8-,9-,10-,11-,12-,13-,14-,15-,16-,17-,18-,22-,23-,24-/m1/s1. The van der Waals surface area contributed by atoms with E-state index in [1.54, 1.807) is 0 Å². The molecule has 0 saturated carbocycles. The van der Waals surface area contributed by atoms with Gasteiger partial charge in [-0.05, 0) is 0 Å². The van der Waals surface area contributed by atoms with Crippen LogP contribution < -0.4 is 0 Å². The SMILES string of the molecule is O=C(O)[C@@]1(O[C@@H]2C[C@](O)(C(=O)O)O[C@H]([C@H](O)CO[C@]3(C(=O)O)C[C@@H](O)[C@@H](O)[C@@H]([C@H](O)CO)O3)[C@@H]2O)C[C@@H](O)[C@@H](O)[C@@H]([C@H](O)CO)O1. The van der Waals surface area contributed by atoms with Crippen molar-refractivity contribution < 1.29 is 110 Å². The van der Waals surface area contributed by atoms with Crippen LogP contribution in [0.4, 0.5) is 0 Å². The van der Waals surface area contributed by atoms with Gasteiger partial charge in [-0.3, -0.25) is 0 Å². The first-order valence-electron chi connectivity index (χ1n) is 13.7. The fraction of sp³-hybridized carbons (Fsp3) is 0.875. The average Bonchev–Trinajstić information content (AvgIpc) is 2.99. The van der Waals surface area contributed by atoms with Crippen LogP contribution in [-0.4, -0.2) is 200 Å². The predicted molar refractivity (Wildman–Crippen MR) is 135 cm³/mol. The normalized spacial score (nSPS) is 43.8. The maximum Gasteiger partial charge on any atom is 0.364 e. The highest BCUT2D eigenvalue weighted by Crippen LogP contribution is 2.39. The molecule has 0 aliphatic carbocycles. The summed E-state index contributed by atoms with van der Waals surface area (Å²) in [6.45, 7) is -3.41. The average molecular weight is 679 g/mol. The second kappa shape index (κ2) is 14.5. The first-order chi connectivity index (χ1) is 21.3. The zero-order valence-corrected chi connectivity index (χ0v) is 23.7. The molecule has 0 aromatic rings. The number of rotatable bonds is 13. The number of carboxylic acid groups (broad SMARTS) is 3. The van der Waals surface area contributed by atoms with Crippen LogP contribution in [0.15, 0.2) is 0 Å². The Morgan fingerprint density at radius 3 is 1.52 bits per heavy atom. The molecule has 3 fully saturated rings. The minimum Gasteiger partial charge on any atom is -0.477 e. The molecule has 14 N–H and O–H groups in total.